The van der Waals surface area contributed by atoms with Crippen molar-refractivity contribution in [2.24, 2.45) is 5.73 Å². The molecule has 3 N–H and O–H groups in total. The van der Waals surface area contributed by atoms with Crippen molar-refractivity contribution in [3.63, 3.8) is 0 Å². The molecule has 1 aliphatic rings. The van der Waals surface area contributed by atoms with E-state index >= 15 is 0 Å². The fourth-order valence-corrected chi connectivity index (χ4v) is 1.57. The normalized spacial score (nSPS) is 22.1. The first-order valence-corrected chi connectivity index (χ1v) is 4.17. The van der Waals surface area contributed by atoms with Crippen LogP contribution in [0.1, 0.15) is 38.5 Å². The fourth-order valence-electron chi connectivity index (χ4n) is 1.57. The van der Waals surface area contributed by atoms with Gasteiger partial charge in [-0.3, -0.25) is 4.79 Å². The maximum atomic E-state index is 10.7. The van der Waals surface area contributed by atoms with E-state index in [1.165, 1.54) is 0 Å². The third kappa shape index (κ3) is 2.64. The molecule has 4 heteroatoms. The van der Waals surface area contributed by atoms with Crippen LogP contribution >= 0.6 is 12.4 Å². The number of carboxylic acids is 1. The van der Waals surface area contributed by atoms with Gasteiger partial charge in [-0.25, -0.2) is 0 Å². The third-order valence-electron chi connectivity index (χ3n) is 2.42. The fraction of sp³-hybridized carbons (Fsp3) is 0.875. The molecule has 0 radical (unpaired) electrons. The Labute approximate surface area is 78.7 Å². The summed E-state index contributed by atoms with van der Waals surface area (Å²) >= 11 is 0. The quantitative estimate of drug-likeness (QED) is 0.621. The second-order valence-corrected chi connectivity index (χ2v) is 3.38. The molecular formula is C8H16ClNO2. The van der Waals surface area contributed by atoms with Crippen molar-refractivity contribution < 1.29 is 9.90 Å². The molecule has 1 aliphatic carbocycles. The molecule has 0 spiro atoms. The maximum absolute atomic E-state index is 10.7. The summed E-state index contributed by atoms with van der Waals surface area (Å²) < 4.78 is 0. The predicted octanol–water partition coefficient (Wildman–Crippen LogP) is 1.54. The zero-order chi connectivity index (χ0) is 8.32. The van der Waals surface area contributed by atoms with Gasteiger partial charge in [0.15, 0.2) is 0 Å². The van der Waals surface area contributed by atoms with Gasteiger partial charge in [0, 0.05) is 0 Å². The van der Waals surface area contributed by atoms with Crippen LogP contribution in [0, 0.1) is 0 Å². The Bertz CT molecular complexity index is 153. The van der Waals surface area contributed by atoms with Crippen molar-refractivity contribution in [1.29, 1.82) is 0 Å². The summed E-state index contributed by atoms with van der Waals surface area (Å²) in [6.07, 6.45) is 5.47. The van der Waals surface area contributed by atoms with Crippen molar-refractivity contribution in [2.45, 2.75) is 44.1 Å². The molecule has 3 nitrogen and oxygen atoms in total. The molecule has 0 aromatic carbocycles. The number of aliphatic carboxylic acids is 1. The Morgan fingerprint density at radius 1 is 1.17 bits per heavy atom. The van der Waals surface area contributed by atoms with Crippen LogP contribution < -0.4 is 5.73 Å². The lowest BCUT2D eigenvalue weighted by Gasteiger charge is -2.21. The van der Waals surface area contributed by atoms with Crippen LogP contribution in [0.2, 0.25) is 0 Å². The summed E-state index contributed by atoms with van der Waals surface area (Å²) in [5.41, 5.74) is 4.78. The molecule has 0 heterocycles. The maximum Gasteiger partial charge on any atom is 0.323 e. The molecule has 0 amide bonds. The minimum absolute atomic E-state index is 0. The minimum Gasteiger partial charge on any atom is -0.480 e. The zero-order valence-corrected chi connectivity index (χ0v) is 7.90. The summed E-state index contributed by atoms with van der Waals surface area (Å²) in [5.74, 6) is -0.834. The van der Waals surface area contributed by atoms with Crippen LogP contribution in [0.15, 0.2) is 0 Å². The largest absolute Gasteiger partial charge is 0.480 e. The highest BCUT2D eigenvalue weighted by atomic mass is 35.5. The van der Waals surface area contributed by atoms with Gasteiger partial charge in [0.05, 0.1) is 0 Å². The first kappa shape index (κ1) is 11.7. The predicted molar refractivity (Wildman–Crippen MR) is 49.5 cm³/mol. The van der Waals surface area contributed by atoms with E-state index in [9.17, 15) is 4.79 Å². The lowest BCUT2D eigenvalue weighted by molar-refractivity contribution is -0.143. The van der Waals surface area contributed by atoms with E-state index in [0.717, 1.165) is 25.7 Å². The van der Waals surface area contributed by atoms with E-state index in [4.69, 9.17) is 10.8 Å². The number of halogens is 1. The molecule has 0 unspecified atom stereocenters. The van der Waals surface area contributed by atoms with Gasteiger partial charge in [-0.05, 0) is 12.8 Å². The van der Waals surface area contributed by atoms with Crippen LogP contribution in [0.25, 0.3) is 0 Å². The van der Waals surface area contributed by atoms with E-state index in [2.05, 4.69) is 0 Å². The Morgan fingerprint density at radius 3 is 1.92 bits per heavy atom. The van der Waals surface area contributed by atoms with Gasteiger partial charge < -0.3 is 10.8 Å². The second-order valence-electron chi connectivity index (χ2n) is 3.38. The van der Waals surface area contributed by atoms with Crippen LogP contribution in [-0.2, 0) is 4.79 Å². The molecule has 0 saturated heterocycles. The summed E-state index contributed by atoms with van der Waals surface area (Å²) in [6.45, 7) is 0. The molecule has 1 saturated carbocycles. The highest BCUT2D eigenvalue weighted by Gasteiger charge is 2.33. The van der Waals surface area contributed by atoms with Crippen molar-refractivity contribution in [1.82, 2.24) is 0 Å². The molecule has 0 aromatic rings. The van der Waals surface area contributed by atoms with Gasteiger partial charge in [-0.2, -0.15) is 0 Å². The van der Waals surface area contributed by atoms with Crippen LogP contribution in [-0.4, -0.2) is 16.6 Å². The first-order valence-electron chi connectivity index (χ1n) is 4.17. The summed E-state index contributed by atoms with van der Waals surface area (Å²) in [6, 6.07) is 0. The van der Waals surface area contributed by atoms with Gasteiger partial charge in [0.2, 0.25) is 0 Å². The van der Waals surface area contributed by atoms with Gasteiger partial charge in [-0.15, -0.1) is 12.4 Å². The van der Waals surface area contributed by atoms with Gasteiger partial charge >= 0.3 is 5.97 Å². The molecule has 12 heavy (non-hydrogen) atoms. The summed E-state index contributed by atoms with van der Waals surface area (Å²) in [4.78, 5) is 10.7. The number of hydrogen-bond donors (Lipinski definition) is 2. The molecule has 1 rings (SSSR count). The number of nitrogens with two attached hydrogens (primary N) is 1. The van der Waals surface area contributed by atoms with Crippen LogP contribution in [0.5, 0.6) is 0 Å². The zero-order valence-electron chi connectivity index (χ0n) is 7.08. The van der Waals surface area contributed by atoms with Crippen molar-refractivity contribution >= 4 is 18.4 Å². The standard InChI is InChI=1S/C8H15NO2.ClH/c9-8(7(10)11)5-3-1-2-4-6-8;/h1-6,9H2,(H,10,11);1H. The lowest BCUT2D eigenvalue weighted by atomic mass is 9.92. The Morgan fingerprint density at radius 2 is 1.58 bits per heavy atom. The summed E-state index contributed by atoms with van der Waals surface area (Å²) in [7, 11) is 0. The minimum atomic E-state index is -0.920. The van der Waals surface area contributed by atoms with E-state index in [1.807, 2.05) is 0 Å². The van der Waals surface area contributed by atoms with E-state index in [-0.39, 0.29) is 12.4 Å². The Hall–Kier alpha value is -0.280. The monoisotopic (exact) mass is 193 g/mol. The molecule has 1 fully saturated rings. The van der Waals surface area contributed by atoms with E-state index in [0.29, 0.717) is 12.8 Å². The second kappa shape index (κ2) is 4.67. The van der Waals surface area contributed by atoms with E-state index in [1.54, 1.807) is 0 Å². The van der Waals surface area contributed by atoms with Gasteiger partial charge in [0.25, 0.3) is 0 Å². The number of carbonyl (C=O) groups is 1. The smallest absolute Gasteiger partial charge is 0.323 e. The van der Waals surface area contributed by atoms with Gasteiger partial charge in [-0.1, -0.05) is 25.7 Å². The van der Waals surface area contributed by atoms with Crippen molar-refractivity contribution in [3.8, 4) is 0 Å². The van der Waals surface area contributed by atoms with Crippen molar-refractivity contribution in [3.05, 3.63) is 0 Å². The number of rotatable bonds is 1. The highest BCUT2D eigenvalue weighted by Crippen LogP contribution is 2.24. The molecule has 0 aromatic heterocycles. The van der Waals surface area contributed by atoms with Crippen molar-refractivity contribution in [2.75, 3.05) is 0 Å². The molecule has 0 bridgehead atoms. The summed E-state index contributed by atoms with van der Waals surface area (Å²) in [5, 5.41) is 8.80. The third-order valence-corrected chi connectivity index (χ3v) is 2.42. The molecule has 0 aliphatic heterocycles. The Kier molecular flexibility index (Phi) is 4.57. The van der Waals surface area contributed by atoms with Gasteiger partial charge in [0.1, 0.15) is 5.54 Å². The molecule has 72 valence electrons. The molecular weight excluding hydrogens is 178 g/mol. The molecule has 0 atom stereocenters. The number of carboxylic acid groups (broad SMARTS) is 1. The topological polar surface area (TPSA) is 63.3 Å². The van der Waals surface area contributed by atoms with Crippen LogP contribution in [0.4, 0.5) is 0 Å². The van der Waals surface area contributed by atoms with Crippen LogP contribution in [0.3, 0.4) is 0 Å². The average molecular weight is 194 g/mol. The lowest BCUT2D eigenvalue weighted by Crippen LogP contribution is -2.47. The Balaban J connectivity index is 0.00000121. The SMILES string of the molecule is Cl.NC1(C(=O)O)CCCCCC1. The highest BCUT2D eigenvalue weighted by molar-refractivity contribution is 5.85. The first-order chi connectivity index (χ1) is 5.15. The number of hydrogen-bond acceptors (Lipinski definition) is 2. The average Bonchev–Trinajstić information content (AvgIpc) is 2.15. The van der Waals surface area contributed by atoms with E-state index < -0.39 is 11.5 Å².